The van der Waals surface area contributed by atoms with Crippen molar-refractivity contribution >= 4 is 40.6 Å². The summed E-state index contributed by atoms with van der Waals surface area (Å²) in [7, 11) is 0. The number of amides is 2. The lowest BCUT2D eigenvalue weighted by molar-refractivity contribution is -0.130. The Kier molecular flexibility index (Phi) is 9.50. The SMILES string of the molecule is CCOc1ccc(-n2c(CNC(=O)c3cccc(F)c3)nnc2SCC(=O)N2N=C(c3cccs3)C[C@@H]2c2ccc(F)cc2)cc1. The van der Waals surface area contributed by atoms with Gasteiger partial charge in [-0.2, -0.15) is 5.10 Å². The van der Waals surface area contributed by atoms with Gasteiger partial charge < -0.3 is 10.1 Å². The monoisotopic (exact) mass is 658 g/mol. The molecule has 2 aromatic heterocycles. The van der Waals surface area contributed by atoms with Crippen LogP contribution in [-0.2, 0) is 11.3 Å². The lowest BCUT2D eigenvalue weighted by Gasteiger charge is -2.22. The van der Waals surface area contributed by atoms with E-state index in [2.05, 4.69) is 15.5 Å². The molecule has 0 aliphatic carbocycles. The van der Waals surface area contributed by atoms with Crippen molar-refractivity contribution in [1.82, 2.24) is 25.1 Å². The summed E-state index contributed by atoms with van der Waals surface area (Å²) in [5, 5.41) is 20.0. The molecular formula is C33H28F2N6O3S2. The second-order valence-electron chi connectivity index (χ2n) is 10.2. The van der Waals surface area contributed by atoms with Crippen molar-refractivity contribution in [3.8, 4) is 11.4 Å². The smallest absolute Gasteiger partial charge is 0.253 e. The van der Waals surface area contributed by atoms with Gasteiger partial charge in [0.25, 0.3) is 11.8 Å². The van der Waals surface area contributed by atoms with Crippen LogP contribution in [0.2, 0.25) is 0 Å². The van der Waals surface area contributed by atoms with Gasteiger partial charge in [0, 0.05) is 17.7 Å². The first-order valence-electron chi connectivity index (χ1n) is 14.4. The van der Waals surface area contributed by atoms with Crippen LogP contribution in [0.4, 0.5) is 8.78 Å². The minimum Gasteiger partial charge on any atom is -0.494 e. The predicted molar refractivity (Wildman–Crippen MR) is 172 cm³/mol. The van der Waals surface area contributed by atoms with Gasteiger partial charge in [0.15, 0.2) is 11.0 Å². The highest BCUT2D eigenvalue weighted by Crippen LogP contribution is 2.35. The lowest BCUT2D eigenvalue weighted by atomic mass is 10.0. The van der Waals surface area contributed by atoms with Crippen LogP contribution >= 0.6 is 23.1 Å². The highest BCUT2D eigenvalue weighted by Gasteiger charge is 2.33. The van der Waals surface area contributed by atoms with E-state index in [0.29, 0.717) is 35.4 Å². The zero-order valence-corrected chi connectivity index (χ0v) is 26.2. The van der Waals surface area contributed by atoms with Crippen molar-refractivity contribution in [2.24, 2.45) is 5.10 Å². The van der Waals surface area contributed by atoms with Gasteiger partial charge >= 0.3 is 0 Å². The normalized spacial score (nSPS) is 14.3. The number of nitrogens with one attached hydrogen (secondary N) is 1. The molecule has 5 aromatic rings. The maximum atomic E-state index is 13.7. The van der Waals surface area contributed by atoms with E-state index < -0.39 is 11.7 Å². The second-order valence-corrected chi connectivity index (χ2v) is 12.1. The van der Waals surface area contributed by atoms with Crippen molar-refractivity contribution < 1.29 is 23.1 Å². The standard InChI is InChI=1S/C33H28F2N6O3S2/c1-2-44-26-14-12-25(13-15-26)40-30(19-36-32(43)22-5-3-6-24(35)17-22)37-38-33(40)46-20-31(42)41-28(21-8-10-23(34)11-9-21)18-27(39-41)29-7-4-16-45-29/h3-17,28H,2,18-20H2,1H3,(H,36,43)/t28-/m1/s1. The van der Waals surface area contributed by atoms with Gasteiger partial charge in [-0.05, 0) is 78.5 Å². The number of nitrogens with zero attached hydrogens (tertiary/aromatic N) is 5. The van der Waals surface area contributed by atoms with Crippen molar-refractivity contribution in [1.29, 1.82) is 0 Å². The predicted octanol–water partition coefficient (Wildman–Crippen LogP) is 6.41. The number of thiophene rings is 1. The molecule has 3 aromatic carbocycles. The van der Waals surface area contributed by atoms with E-state index in [0.717, 1.165) is 22.2 Å². The Morgan fingerprint density at radius 3 is 2.52 bits per heavy atom. The minimum absolute atomic E-state index is 0.00268. The van der Waals surface area contributed by atoms with Crippen LogP contribution in [0.3, 0.4) is 0 Å². The molecule has 1 N–H and O–H groups in total. The van der Waals surface area contributed by atoms with Crippen LogP contribution in [0.1, 0.15) is 46.0 Å². The Hall–Kier alpha value is -4.88. The summed E-state index contributed by atoms with van der Waals surface area (Å²) < 4.78 is 34.7. The Bertz CT molecular complexity index is 1860. The number of halogens is 2. The number of carbonyl (C=O) groups is 2. The summed E-state index contributed by atoms with van der Waals surface area (Å²) in [5.41, 5.74) is 2.44. The summed E-state index contributed by atoms with van der Waals surface area (Å²) in [6.45, 7) is 2.41. The number of carbonyl (C=O) groups excluding carboxylic acids is 2. The van der Waals surface area contributed by atoms with Crippen molar-refractivity contribution in [3.63, 3.8) is 0 Å². The van der Waals surface area contributed by atoms with Crippen LogP contribution < -0.4 is 10.1 Å². The molecule has 0 fully saturated rings. The fourth-order valence-corrected chi connectivity index (χ4v) is 6.53. The molecule has 1 aliphatic rings. The number of hydrogen-bond donors (Lipinski definition) is 1. The molecule has 0 radical (unpaired) electrons. The number of aromatic nitrogens is 3. The quantitative estimate of drug-likeness (QED) is 0.165. The highest BCUT2D eigenvalue weighted by atomic mass is 32.2. The maximum absolute atomic E-state index is 13.7. The molecule has 2 amide bonds. The van der Waals surface area contributed by atoms with Crippen LogP contribution in [0, 0.1) is 11.6 Å². The van der Waals surface area contributed by atoms with E-state index in [4.69, 9.17) is 9.84 Å². The Morgan fingerprint density at radius 1 is 1.00 bits per heavy atom. The zero-order chi connectivity index (χ0) is 32.0. The minimum atomic E-state index is -0.514. The number of rotatable bonds is 11. The first-order chi connectivity index (χ1) is 22.4. The molecule has 0 spiro atoms. The summed E-state index contributed by atoms with van der Waals surface area (Å²) in [5.74, 6) is -0.508. The van der Waals surface area contributed by atoms with Crippen LogP contribution in [0.25, 0.3) is 5.69 Å². The molecule has 1 atom stereocenters. The summed E-state index contributed by atoms with van der Waals surface area (Å²) >= 11 is 2.72. The third-order valence-electron chi connectivity index (χ3n) is 7.15. The molecule has 1 aliphatic heterocycles. The molecule has 9 nitrogen and oxygen atoms in total. The first-order valence-corrected chi connectivity index (χ1v) is 16.3. The fraction of sp³-hybridized carbons (Fsp3) is 0.182. The van der Waals surface area contributed by atoms with Crippen molar-refractivity contribution in [2.45, 2.75) is 31.1 Å². The van der Waals surface area contributed by atoms with Gasteiger partial charge in [0.1, 0.15) is 17.4 Å². The molecule has 0 unspecified atom stereocenters. The molecule has 6 rings (SSSR count). The summed E-state index contributed by atoms with van der Waals surface area (Å²) in [6, 6.07) is 22.3. The summed E-state index contributed by atoms with van der Waals surface area (Å²) in [6.07, 6.45) is 0.500. The van der Waals surface area contributed by atoms with Gasteiger partial charge in [-0.3, -0.25) is 14.2 Å². The van der Waals surface area contributed by atoms with E-state index in [-0.39, 0.29) is 35.6 Å². The first kappa shape index (κ1) is 31.1. The number of ether oxygens (including phenoxy) is 1. The molecule has 0 saturated carbocycles. The molecular weight excluding hydrogens is 631 g/mol. The second kappa shape index (κ2) is 14.0. The van der Waals surface area contributed by atoms with Crippen LogP contribution in [-0.4, -0.2) is 49.7 Å². The van der Waals surface area contributed by atoms with Crippen molar-refractivity contribution in [3.05, 3.63) is 124 Å². The molecule has 13 heteroatoms. The number of hydrogen-bond acceptors (Lipinski definition) is 8. The molecule has 0 bridgehead atoms. The van der Waals surface area contributed by atoms with E-state index in [9.17, 15) is 18.4 Å². The van der Waals surface area contributed by atoms with Gasteiger partial charge in [-0.15, -0.1) is 21.5 Å². The Balaban J connectivity index is 1.24. The third-order valence-corrected chi connectivity index (χ3v) is 8.98. The van der Waals surface area contributed by atoms with Gasteiger partial charge in [-0.25, -0.2) is 13.8 Å². The lowest BCUT2D eigenvalue weighted by Crippen LogP contribution is -2.28. The third kappa shape index (κ3) is 7.00. The van der Waals surface area contributed by atoms with Crippen molar-refractivity contribution in [2.75, 3.05) is 12.4 Å². The zero-order valence-electron chi connectivity index (χ0n) is 24.6. The van der Waals surface area contributed by atoms with E-state index in [1.165, 1.54) is 47.1 Å². The maximum Gasteiger partial charge on any atom is 0.253 e. The highest BCUT2D eigenvalue weighted by molar-refractivity contribution is 7.99. The number of benzene rings is 3. The molecule has 0 saturated heterocycles. The van der Waals surface area contributed by atoms with E-state index >= 15 is 0 Å². The van der Waals surface area contributed by atoms with Crippen LogP contribution in [0.5, 0.6) is 5.75 Å². The fourth-order valence-electron chi connectivity index (χ4n) is 4.99. The number of hydrazone groups is 1. The molecule has 46 heavy (non-hydrogen) atoms. The molecule has 234 valence electrons. The van der Waals surface area contributed by atoms with E-state index in [1.54, 1.807) is 28.0 Å². The van der Waals surface area contributed by atoms with Gasteiger partial charge in [0.05, 0.1) is 35.5 Å². The average Bonchev–Trinajstić information content (AvgIpc) is 3.84. The topological polar surface area (TPSA) is 102 Å². The molecule has 3 heterocycles. The number of thioether (sulfide) groups is 1. The Labute approximate surface area is 271 Å². The largest absolute Gasteiger partial charge is 0.494 e. The summed E-state index contributed by atoms with van der Waals surface area (Å²) in [4.78, 5) is 27.4. The van der Waals surface area contributed by atoms with Gasteiger partial charge in [-0.1, -0.05) is 36.0 Å². The average molecular weight is 659 g/mol. The Morgan fingerprint density at radius 2 is 1.80 bits per heavy atom. The van der Waals surface area contributed by atoms with Crippen LogP contribution in [0.15, 0.2) is 101 Å². The van der Waals surface area contributed by atoms with E-state index in [1.807, 2.05) is 48.7 Å². The van der Waals surface area contributed by atoms with Gasteiger partial charge in [0.2, 0.25) is 0 Å².